The molecule has 1 amide bonds. The van der Waals surface area contributed by atoms with Gasteiger partial charge in [-0.05, 0) is 76.1 Å². The zero-order valence-corrected chi connectivity index (χ0v) is 25.9. The van der Waals surface area contributed by atoms with Crippen molar-refractivity contribution in [2.24, 2.45) is 0 Å². The standard InChI is InChI=1S/C32H35ClFN5O4/c1-18-13-27(35-20(3)28(18)31(41)42)37-11-12-39(32(4,5)17-37)30(40)26-10-8-22-23(21-7-9-24(33)25(34)14-21)15-38(29(22)36-26)19(2)16-43-6/h7-10,13-15,19H,11-12,16-17H2,1-6H3,(H,41,42). The maximum atomic E-state index is 14.4. The highest BCUT2D eigenvalue weighted by Crippen LogP contribution is 2.34. The molecular weight excluding hydrogens is 573 g/mol. The number of carboxylic acids is 1. The van der Waals surface area contributed by atoms with E-state index in [1.165, 1.54) is 12.1 Å². The van der Waals surface area contributed by atoms with Crippen LogP contribution >= 0.6 is 11.6 Å². The molecule has 1 fully saturated rings. The van der Waals surface area contributed by atoms with Crippen molar-refractivity contribution in [3.05, 3.63) is 75.9 Å². The smallest absolute Gasteiger partial charge is 0.337 e. The summed E-state index contributed by atoms with van der Waals surface area (Å²) in [5.74, 6) is -1.01. The molecule has 1 unspecified atom stereocenters. The number of pyridine rings is 2. The molecule has 43 heavy (non-hydrogen) atoms. The number of hydrogen-bond acceptors (Lipinski definition) is 6. The Labute approximate surface area is 254 Å². The molecule has 11 heteroatoms. The number of nitrogens with zero attached hydrogens (tertiary/aromatic N) is 5. The first-order valence-corrected chi connectivity index (χ1v) is 14.4. The van der Waals surface area contributed by atoms with Gasteiger partial charge in [-0.1, -0.05) is 17.7 Å². The Morgan fingerprint density at radius 2 is 1.88 bits per heavy atom. The van der Waals surface area contributed by atoms with Crippen LogP contribution < -0.4 is 4.90 Å². The molecule has 226 valence electrons. The van der Waals surface area contributed by atoms with Crippen LogP contribution in [0, 0.1) is 19.7 Å². The van der Waals surface area contributed by atoms with Crippen molar-refractivity contribution < 1.29 is 23.8 Å². The number of carboxylic acid groups (broad SMARTS) is 1. The van der Waals surface area contributed by atoms with Gasteiger partial charge in [-0.2, -0.15) is 0 Å². The van der Waals surface area contributed by atoms with E-state index in [-0.39, 0.29) is 22.5 Å². The average Bonchev–Trinajstić information content (AvgIpc) is 3.32. The number of fused-ring (bicyclic) bond motifs is 1. The summed E-state index contributed by atoms with van der Waals surface area (Å²) in [7, 11) is 1.63. The largest absolute Gasteiger partial charge is 0.478 e. The van der Waals surface area contributed by atoms with Gasteiger partial charge in [0.1, 0.15) is 23.0 Å². The number of carbonyl (C=O) groups is 2. The summed E-state index contributed by atoms with van der Waals surface area (Å²) >= 11 is 5.93. The summed E-state index contributed by atoms with van der Waals surface area (Å²) in [6.07, 6.45) is 1.91. The van der Waals surface area contributed by atoms with E-state index in [2.05, 4.69) is 9.88 Å². The first kappa shape index (κ1) is 30.4. The van der Waals surface area contributed by atoms with Gasteiger partial charge in [-0.25, -0.2) is 19.2 Å². The number of benzene rings is 1. The third kappa shape index (κ3) is 5.69. The van der Waals surface area contributed by atoms with Gasteiger partial charge in [-0.15, -0.1) is 0 Å². The molecule has 1 aliphatic heterocycles. The van der Waals surface area contributed by atoms with E-state index in [0.29, 0.717) is 60.2 Å². The van der Waals surface area contributed by atoms with Gasteiger partial charge in [0.05, 0.1) is 34.5 Å². The molecule has 0 aliphatic carbocycles. The number of hydrogen-bond donors (Lipinski definition) is 1. The molecule has 4 aromatic rings. The summed E-state index contributed by atoms with van der Waals surface area (Å²) in [6, 6.07) is 9.96. The lowest BCUT2D eigenvalue weighted by atomic mass is 9.97. The Morgan fingerprint density at radius 1 is 1.14 bits per heavy atom. The lowest BCUT2D eigenvalue weighted by Gasteiger charge is -2.47. The molecule has 0 spiro atoms. The molecule has 0 saturated carbocycles. The van der Waals surface area contributed by atoms with Crippen molar-refractivity contribution in [3.8, 4) is 11.1 Å². The molecule has 1 aromatic carbocycles. The number of piperazine rings is 1. The quantitative estimate of drug-likeness (QED) is 0.269. The highest BCUT2D eigenvalue weighted by Gasteiger charge is 2.38. The summed E-state index contributed by atoms with van der Waals surface area (Å²) in [5, 5.41) is 10.4. The van der Waals surface area contributed by atoms with Gasteiger partial charge in [-0.3, -0.25) is 4.79 Å². The van der Waals surface area contributed by atoms with E-state index in [9.17, 15) is 19.1 Å². The van der Waals surface area contributed by atoms with E-state index < -0.39 is 17.3 Å². The molecule has 5 rings (SSSR count). The summed E-state index contributed by atoms with van der Waals surface area (Å²) in [5.41, 5.74) is 3.10. The fourth-order valence-electron chi connectivity index (χ4n) is 5.96. The van der Waals surface area contributed by atoms with Gasteiger partial charge in [0.25, 0.3) is 5.91 Å². The highest BCUT2D eigenvalue weighted by atomic mass is 35.5. The number of methoxy groups -OCH3 is 1. The summed E-state index contributed by atoms with van der Waals surface area (Å²) in [4.78, 5) is 38.9. The Kier molecular flexibility index (Phi) is 8.20. The van der Waals surface area contributed by atoms with Gasteiger partial charge in [0.15, 0.2) is 0 Å². The predicted octanol–water partition coefficient (Wildman–Crippen LogP) is 6.15. The van der Waals surface area contributed by atoms with Gasteiger partial charge >= 0.3 is 5.97 Å². The Morgan fingerprint density at radius 3 is 2.51 bits per heavy atom. The second kappa shape index (κ2) is 11.6. The number of amides is 1. The lowest BCUT2D eigenvalue weighted by molar-refractivity contribution is 0.0507. The lowest BCUT2D eigenvalue weighted by Crippen LogP contribution is -2.61. The number of ether oxygens (including phenoxy) is 1. The fraction of sp³-hybridized carbons (Fsp3) is 0.375. The molecule has 1 N–H and O–H groups in total. The number of anilines is 1. The number of rotatable bonds is 7. The number of halogens is 2. The monoisotopic (exact) mass is 607 g/mol. The first-order valence-electron chi connectivity index (χ1n) is 14.1. The minimum atomic E-state index is -0.996. The van der Waals surface area contributed by atoms with Crippen molar-refractivity contribution >= 4 is 40.3 Å². The second-order valence-corrected chi connectivity index (χ2v) is 12.1. The Hall–Kier alpha value is -4.02. The number of aromatic nitrogens is 3. The van der Waals surface area contributed by atoms with E-state index in [1.54, 1.807) is 39.2 Å². The maximum Gasteiger partial charge on any atom is 0.337 e. The summed E-state index contributed by atoms with van der Waals surface area (Å²) in [6.45, 7) is 11.4. The van der Waals surface area contributed by atoms with Gasteiger partial charge < -0.3 is 24.2 Å². The van der Waals surface area contributed by atoms with Crippen LogP contribution in [0.1, 0.15) is 58.9 Å². The van der Waals surface area contributed by atoms with Crippen LogP contribution in [0.3, 0.4) is 0 Å². The van der Waals surface area contributed by atoms with Crippen molar-refractivity contribution in [2.45, 2.75) is 46.2 Å². The van der Waals surface area contributed by atoms with E-state index in [0.717, 1.165) is 10.9 Å². The van der Waals surface area contributed by atoms with Crippen LogP contribution in [-0.2, 0) is 4.74 Å². The van der Waals surface area contributed by atoms with Crippen LogP contribution in [0.2, 0.25) is 5.02 Å². The third-order valence-electron chi connectivity index (χ3n) is 8.08. The topological polar surface area (TPSA) is 101 Å². The molecular formula is C32H35ClFN5O4. The van der Waals surface area contributed by atoms with Gasteiger partial charge in [0.2, 0.25) is 0 Å². The van der Waals surface area contributed by atoms with Crippen molar-refractivity contribution in [1.82, 2.24) is 19.4 Å². The van der Waals surface area contributed by atoms with E-state index in [4.69, 9.17) is 21.3 Å². The van der Waals surface area contributed by atoms with Crippen LogP contribution in [0.5, 0.6) is 0 Å². The van der Waals surface area contributed by atoms with E-state index in [1.807, 2.05) is 42.5 Å². The van der Waals surface area contributed by atoms with Crippen LogP contribution in [-0.4, -0.2) is 75.3 Å². The minimum absolute atomic E-state index is 0.0484. The van der Waals surface area contributed by atoms with Crippen molar-refractivity contribution in [2.75, 3.05) is 38.3 Å². The molecule has 0 bridgehead atoms. The van der Waals surface area contributed by atoms with Gasteiger partial charge in [0, 0.05) is 43.9 Å². The SMILES string of the molecule is COCC(C)n1cc(-c2ccc(Cl)c(F)c2)c2ccc(C(=O)N3CCN(c4cc(C)c(C(=O)O)c(C)n4)CC3(C)C)nc21. The number of carbonyl (C=O) groups excluding carboxylic acids is 1. The third-order valence-corrected chi connectivity index (χ3v) is 8.39. The minimum Gasteiger partial charge on any atom is -0.478 e. The molecule has 9 nitrogen and oxygen atoms in total. The van der Waals surface area contributed by atoms with Crippen molar-refractivity contribution in [1.29, 1.82) is 0 Å². The van der Waals surface area contributed by atoms with Crippen molar-refractivity contribution in [3.63, 3.8) is 0 Å². The van der Waals surface area contributed by atoms with Crippen LogP contribution in [0.25, 0.3) is 22.2 Å². The van der Waals surface area contributed by atoms with Crippen LogP contribution in [0.15, 0.2) is 42.6 Å². The highest BCUT2D eigenvalue weighted by molar-refractivity contribution is 6.30. The Balaban J connectivity index is 1.47. The number of aromatic carboxylic acids is 1. The average molecular weight is 608 g/mol. The second-order valence-electron chi connectivity index (χ2n) is 11.7. The molecule has 1 atom stereocenters. The van der Waals surface area contributed by atoms with Crippen LogP contribution in [0.4, 0.5) is 10.2 Å². The normalized spacial score (nSPS) is 15.6. The maximum absolute atomic E-state index is 14.4. The molecule has 3 aromatic heterocycles. The zero-order chi connectivity index (χ0) is 31.2. The fourth-order valence-corrected chi connectivity index (χ4v) is 6.07. The summed E-state index contributed by atoms with van der Waals surface area (Å²) < 4.78 is 21.7. The number of aryl methyl sites for hydroxylation is 2. The molecule has 1 saturated heterocycles. The molecule has 0 radical (unpaired) electrons. The zero-order valence-electron chi connectivity index (χ0n) is 25.1. The first-order chi connectivity index (χ1) is 20.3. The Bertz CT molecular complexity index is 1710. The molecule has 4 heterocycles. The molecule has 1 aliphatic rings. The predicted molar refractivity (Wildman–Crippen MR) is 165 cm³/mol. The van der Waals surface area contributed by atoms with E-state index >= 15 is 0 Å².